The number of imidazole rings is 1. The lowest BCUT2D eigenvalue weighted by Crippen LogP contribution is -2.41. The summed E-state index contributed by atoms with van der Waals surface area (Å²) >= 11 is 0. The maximum absolute atomic E-state index is 13.0. The summed E-state index contributed by atoms with van der Waals surface area (Å²) in [5.74, 6) is 0.940. The number of fused-ring (bicyclic) bond motifs is 2. The number of pyridine rings is 1. The molecule has 1 aromatic carbocycles. The van der Waals surface area contributed by atoms with Crippen LogP contribution in [-0.2, 0) is 17.9 Å². The zero-order valence-electron chi connectivity index (χ0n) is 14.3. The molecular formula is C19H20N4O2. The second kappa shape index (κ2) is 6.29. The van der Waals surface area contributed by atoms with Crippen molar-refractivity contribution < 1.29 is 9.53 Å². The van der Waals surface area contributed by atoms with E-state index in [1.165, 1.54) is 0 Å². The molecule has 6 heteroatoms. The summed E-state index contributed by atoms with van der Waals surface area (Å²) < 4.78 is 7.38. The summed E-state index contributed by atoms with van der Waals surface area (Å²) in [5.41, 5.74) is 2.63. The molecule has 2 aromatic heterocycles. The van der Waals surface area contributed by atoms with Crippen LogP contribution in [0.4, 0.5) is 0 Å². The number of carbonyl (C=O) groups excluding carboxylic acids is 1. The molecule has 1 atom stereocenters. The third kappa shape index (κ3) is 2.68. The van der Waals surface area contributed by atoms with Crippen molar-refractivity contribution in [3.8, 4) is 0 Å². The SMILES string of the molecule is COCc1cnc2n1CCN(C(=O)c1ccc3ncccc3c1)C2C. The first kappa shape index (κ1) is 15.8. The fourth-order valence-electron chi connectivity index (χ4n) is 3.47. The molecule has 1 aliphatic rings. The van der Waals surface area contributed by atoms with Gasteiger partial charge < -0.3 is 14.2 Å². The van der Waals surface area contributed by atoms with Crippen LogP contribution in [0.5, 0.6) is 0 Å². The monoisotopic (exact) mass is 336 g/mol. The van der Waals surface area contributed by atoms with Crippen molar-refractivity contribution in [1.29, 1.82) is 0 Å². The number of hydrogen-bond acceptors (Lipinski definition) is 4. The van der Waals surface area contributed by atoms with Crippen LogP contribution >= 0.6 is 0 Å². The Balaban J connectivity index is 1.63. The molecule has 0 N–H and O–H groups in total. The number of methoxy groups -OCH3 is 1. The number of hydrogen-bond donors (Lipinski definition) is 0. The lowest BCUT2D eigenvalue weighted by molar-refractivity contribution is 0.0632. The van der Waals surface area contributed by atoms with Gasteiger partial charge in [-0.3, -0.25) is 9.78 Å². The molecule has 128 valence electrons. The zero-order valence-corrected chi connectivity index (χ0v) is 14.3. The Morgan fingerprint density at radius 3 is 3.00 bits per heavy atom. The number of ether oxygens (including phenoxy) is 1. The predicted octanol–water partition coefficient (Wildman–Crippen LogP) is 2.79. The minimum absolute atomic E-state index is 0.0285. The third-order valence-electron chi connectivity index (χ3n) is 4.78. The molecule has 0 saturated heterocycles. The van der Waals surface area contributed by atoms with Gasteiger partial charge in [-0.2, -0.15) is 0 Å². The van der Waals surface area contributed by atoms with E-state index in [0.29, 0.717) is 18.7 Å². The molecule has 3 heterocycles. The quantitative estimate of drug-likeness (QED) is 0.738. The average molecular weight is 336 g/mol. The second-order valence-corrected chi connectivity index (χ2v) is 6.28. The third-order valence-corrected chi connectivity index (χ3v) is 4.78. The van der Waals surface area contributed by atoms with Gasteiger partial charge in [0.25, 0.3) is 5.91 Å². The van der Waals surface area contributed by atoms with Crippen LogP contribution in [0.1, 0.15) is 34.8 Å². The molecule has 0 aliphatic carbocycles. The van der Waals surface area contributed by atoms with Crippen LogP contribution in [-0.4, -0.2) is 39.0 Å². The second-order valence-electron chi connectivity index (χ2n) is 6.28. The van der Waals surface area contributed by atoms with Crippen molar-refractivity contribution in [2.75, 3.05) is 13.7 Å². The van der Waals surface area contributed by atoms with Crippen LogP contribution < -0.4 is 0 Å². The minimum Gasteiger partial charge on any atom is -0.378 e. The highest BCUT2D eigenvalue weighted by Gasteiger charge is 2.30. The van der Waals surface area contributed by atoms with Gasteiger partial charge >= 0.3 is 0 Å². The molecule has 4 rings (SSSR count). The van der Waals surface area contributed by atoms with E-state index in [0.717, 1.165) is 29.0 Å². The van der Waals surface area contributed by atoms with Crippen molar-refractivity contribution in [2.45, 2.75) is 26.1 Å². The summed E-state index contributed by atoms with van der Waals surface area (Å²) in [6, 6.07) is 9.44. The summed E-state index contributed by atoms with van der Waals surface area (Å²) in [4.78, 5) is 23.7. The molecule has 1 aliphatic heterocycles. The van der Waals surface area contributed by atoms with E-state index in [1.807, 2.05) is 48.4 Å². The number of nitrogens with zero attached hydrogens (tertiary/aromatic N) is 4. The Hall–Kier alpha value is -2.73. The van der Waals surface area contributed by atoms with Gasteiger partial charge in [-0.15, -0.1) is 0 Å². The molecule has 0 saturated carbocycles. The number of benzene rings is 1. The Morgan fingerprint density at radius 1 is 1.28 bits per heavy atom. The van der Waals surface area contributed by atoms with E-state index in [-0.39, 0.29) is 11.9 Å². The topological polar surface area (TPSA) is 60.2 Å². The van der Waals surface area contributed by atoms with Crippen molar-refractivity contribution in [2.24, 2.45) is 0 Å². The molecule has 6 nitrogen and oxygen atoms in total. The fraction of sp³-hybridized carbons (Fsp3) is 0.316. The van der Waals surface area contributed by atoms with Gasteiger partial charge in [-0.25, -0.2) is 4.98 Å². The van der Waals surface area contributed by atoms with Crippen LogP contribution in [0.15, 0.2) is 42.7 Å². The summed E-state index contributed by atoms with van der Waals surface area (Å²) in [7, 11) is 1.68. The highest BCUT2D eigenvalue weighted by Crippen LogP contribution is 2.27. The number of carbonyl (C=O) groups is 1. The molecule has 0 bridgehead atoms. The lowest BCUT2D eigenvalue weighted by atomic mass is 10.1. The summed E-state index contributed by atoms with van der Waals surface area (Å²) in [6.07, 6.45) is 3.60. The molecule has 3 aromatic rings. The summed E-state index contributed by atoms with van der Waals surface area (Å²) in [5, 5.41) is 0.974. The molecule has 0 spiro atoms. The molecule has 1 unspecified atom stereocenters. The fourth-order valence-corrected chi connectivity index (χ4v) is 3.47. The van der Waals surface area contributed by atoms with Crippen LogP contribution in [0.2, 0.25) is 0 Å². The van der Waals surface area contributed by atoms with Gasteiger partial charge in [0.05, 0.1) is 30.1 Å². The molecular weight excluding hydrogens is 316 g/mol. The number of aromatic nitrogens is 3. The van der Waals surface area contributed by atoms with Crippen molar-refractivity contribution >= 4 is 16.8 Å². The van der Waals surface area contributed by atoms with Gasteiger partial charge in [0, 0.05) is 37.3 Å². The maximum atomic E-state index is 13.0. The largest absolute Gasteiger partial charge is 0.378 e. The van der Waals surface area contributed by atoms with Crippen molar-refractivity contribution in [3.63, 3.8) is 0 Å². The predicted molar refractivity (Wildman–Crippen MR) is 94.1 cm³/mol. The number of amides is 1. The number of rotatable bonds is 3. The molecule has 25 heavy (non-hydrogen) atoms. The maximum Gasteiger partial charge on any atom is 0.254 e. The summed E-state index contributed by atoms with van der Waals surface area (Å²) in [6.45, 7) is 3.95. The van der Waals surface area contributed by atoms with E-state index >= 15 is 0 Å². The Labute approximate surface area is 146 Å². The Morgan fingerprint density at radius 2 is 2.16 bits per heavy atom. The highest BCUT2D eigenvalue weighted by atomic mass is 16.5. The minimum atomic E-state index is -0.0727. The van der Waals surface area contributed by atoms with Crippen LogP contribution in [0.25, 0.3) is 10.9 Å². The highest BCUT2D eigenvalue weighted by molar-refractivity contribution is 5.98. The molecule has 1 amide bonds. The lowest BCUT2D eigenvalue weighted by Gasteiger charge is -2.34. The van der Waals surface area contributed by atoms with Gasteiger partial charge in [-0.1, -0.05) is 6.07 Å². The van der Waals surface area contributed by atoms with Crippen LogP contribution in [0, 0.1) is 0 Å². The normalized spacial score (nSPS) is 16.9. The van der Waals surface area contributed by atoms with E-state index < -0.39 is 0 Å². The van der Waals surface area contributed by atoms with Crippen LogP contribution in [0.3, 0.4) is 0 Å². The van der Waals surface area contributed by atoms with Gasteiger partial charge in [0.2, 0.25) is 0 Å². The smallest absolute Gasteiger partial charge is 0.254 e. The first-order chi connectivity index (χ1) is 12.2. The van der Waals surface area contributed by atoms with E-state index in [9.17, 15) is 4.79 Å². The zero-order chi connectivity index (χ0) is 17.4. The van der Waals surface area contributed by atoms with E-state index in [4.69, 9.17) is 4.74 Å². The molecule has 0 fully saturated rings. The standard InChI is InChI=1S/C19H20N4O2/c1-13-18-21-11-16(12-25-2)23(18)9-8-22(13)19(24)15-5-6-17-14(10-15)4-3-7-20-17/h3-7,10-11,13H,8-9,12H2,1-2H3. The molecule has 0 radical (unpaired) electrons. The van der Waals surface area contributed by atoms with Gasteiger partial charge in [0.15, 0.2) is 0 Å². The van der Waals surface area contributed by atoms with E-state index in [1.54, 1.807) is 13.3 Å². The van der Waals surface area contributed by atoms with E-state index in [2.05, 4.69) is 14.5 Å². The van der Waals surface area contributed by atoms with Crippen molar-refractivity contribution in [1.82, 2.24) is 19.4 Å². The van der Waals surface area contributed by atoms with Gasteiger partial charge in [0.1, 0.15) is 5.82 Å². The van der Waals surface area contributed by atoms with Crippen molar-refractivity contribution in [3.05, 3.63) is 59.8 Å². The average Bonchev–Trinajstić information content (AvgIpc) is 3.05. The van der Waals surface area contributed by atoms with Gasteiger partial charge in [-0.05, 0) is 31.2 Å². The first-order valence-corrected chi connectivity index (χ1v) is 8.38. The Bertz CT molecular complexity index is 934. The Kier molecular flexibility index (Phi) is 3.97. The first-order valence-electron chi connectivity index (χ1n) is 8.38.